The van der Waals surface area contributed by atoms with Gasteiger partial charge in [-0.05, 0) is 17.7 Å². The number of rotatable bonds is 6. The quantitative estimate of drug-likeness (QED) is 0.643. The van der Waals surface area contributed by atoms with E-state index in [0.29, 0.717) is 22.0 Å². The molecular formula is C15H15ClN2O3S. The fourth-order valence-corrected chi connectivity index (χ4v) is 2.89. The molecule has 2 rings (SSSR count). The highest BCUT2D eigenvalue weighted by molar-refractivity contribution is 7.83. The van der Waals surface area contributed by atoms with Gasteiger partial charge < -0.3 is 5.32 Å². The van der Waals surface area contributed by atoms with E-state index in [-0.39, 0.29) is 12.2 Å². The number of nitrogens with zero attached hydrogens (tertiary/aromatic N) is 1. The predicted molar refractivity (Wildman–Crippen MR) is 89.6 cm³/mol. The highest BCUT2D eigenvalue weighted by Gasteiger charge is 2.12. The minimum atomic E-state index is -0.941. The second kappa shape index (κ2) is 7.38. The van der Waals surface area contributed by atoms with Crippen molar-refractivity contribution >= 4 is 33.8 Å². The highest BCUT2D eigenvalue weighted by atomic mass is 35.5. The van der Waals surface area contributed by atoms with E-state index in [1.54, 1.807) is 30.5 Å². The first-order valence-corrected chi connectivity index (χ1v) is 8.62. The zero-order valence-electron chi connectivity index (χ0n) is 11.9. The van der Waals surface area contributed by atoms with Crippen molar-refractivity contribution in [2.75, 3.05) is 11.6 Å². The molecule has 0 aliphatic heterocycles. The SMILES string of the molecule is C[S@](=O)Cc1ccc(Cl)c(NCc2ccccc2[N+](=O)[O-])c1. The van der Waals surface area contributed by atoms with Crippen molar-refractivity contribution in [2.45, 2.75) is 12.3 Å². The van der Waals surface area contributed by atoms with Crippen molar-refractivity contribution in [3.63, 3.8) is 0 Å². The van der Waals surface area contributed by atoms with E-state index in [4.69, 9.17) is 11.6 Å². The Kier molecular flexibility index (Phi) is 5.51. The van der Waals surface area contributed by atoms with Crippen molar-refractivity contribution < 1.29 is 9.13 Å². The molecule has 0 heterocycles. The molecule has 0 aromatic heterocycles. The molecule has 22 heavy (non-hydrogen) atoms. The lowest BCUT2D eigenvalue weighted by atomic mass is 10.1. The molecule has 0 amide bonds. The second-order valence-electron chi connectivity index (χ2n) is 4.77. The Morgan fingerprint density at radius 2 is 2.00 bits per heavy atom. The summed E-state index contributed by atoms with van der Waals surface area (Å²) in [5.74, 6) is 0.442. The maximum absolute atomic E-state index is 11.3. The Labute approximate surface area is 135 Å². The van der Waals surface area contributed by atoms with Crippen LogP contribution in [0, 0.1) is 10.1 Å². The number of nitro groups is 1. The number of nitrogens with one attached hydrogen (secondary N) is 1. The monoisotopic (exact) mass is 338 g/mol. The normalized spacial score (nSPS) is 11.9. The van der Waals surface area contributed by atoms with E-state index in [1.807, 2.05) is 12.1 Å². The first-order chi connectivity index (χ1) is 10.5. The first-order valence-electron chi connectivity index (χ1n) is 6.52. The Morgan fingerprint density at radius 3 is 2.68 bits per heavy atom. The average molecular weight is 339 g/mol. The van der Waals surface area contributed by atoms with Crippen LogP contribution in [0.1, 0.15) is 11.1 Å². The third-order valence-corrected chi connectivity index (χ3v) is 4.13. The van der Waals surface area contributed by atoms with Gasteiger partial charge in [0.1, 0.15) is 0 Å². The van der Waals surface area contributed by atoms with Crippen LogP contribution in [0.15, 0.2) is 42.5 Å². The van der Waals surface area contributed by atoms with Crippen LogP contribution in [-0.4, -0.2) is 15.4 Å². The zero-order chi connectivity index (χ0) is 16.1. The molecule has 0 fully saturated rings. The number of anilines is 1. The third kappa shape index (κ3) is 4.29. The summed E-state index contributed by atoms with van der Waals surface area (Å²) in [6.07, 6.45) is 1.63. The standard InChI is InChI=1S/C15H15ClN2O3S/c1-22(21)10-11-6-7-13(16)14(8-11)17-9-12-4-2-3-5-15(12)18(19)20/h2-8,17H,9-10H2,1H3/t22-/m0/s1. The summed E-state index contributed by atoms with van der Waals surface area (Å²) in [5.41, 5.74) is 2.21. The van der Waals surface area contributed by atoms with Gasteiger partial charge in [-0.1, -0.05) is 35.9 Å². The molecule has 0 spiro atoms. The molecule has 0 saturated carbocycles. The summed E-state index contributed by atoms with van der Waals surface area (Å²) in [6, 6.07) is 11.9. The van der Waals surface area contributed by atoms with Crippen LogP contribution in [-0.2, 0) is 23.1 Å². The molecule has 0 bridgehead atoms. The largest absolute Gasteiger partial charge is 0.379 e. The molecule has 1 N–H and O–H groups in total. The summed E-state index contributed by atoms with van der Waals surface area (Å²) in [4.78, 5) is 10.6. The number of hydrogen-bond donors (Lipinski definition) is 1. The predicted octanol–water partition coefficient (Wildman–Crippen LogP) is 3.74. The number of nitro benzene ring substituents is 1. The van der Waals surface area contributed by atoms with Crippen LogP contribution in [0.3, 0.4) is 0 Å². The molecule has 7 heteroatoms. The molecule has 0 radical (unpaired) electrons. The molecule has 0 aliphatic carbocycles. The number of para-hydroxylation sites is 1. The van der Waals surface area contributed by atoms with Gasteiger partial charge in [0.05, 0.1) is 15.6 Å². The van der Waals surface area contributed by atoms with E-state index >= 15 is 0 Å². The molecule has 0 aliphatic rings. The minimum absolute atomic E-state index is 0.0666. The number of hydrogen-bond acceptors (Lipinski definition) is 4. The highest BCUT2D eigenvalue weighted by Crippen LogP contribution is 2.26. The van der Waals surface area contributed by atoms with Crippen LogP contribution in [0.5, 0.6) is 0 Å². The van der Waals surface area contributed by atoms with Gasteiger partial charge in [0.25, 0.3) is 5.69 Å². The summed E-state index contributed by atoms with van der Waals surface area (Å²) >= 11 is 6.13. The van der Waals surface area contributed by atoms with E-state index in [0.717, 1.165) is 5.56 Å². The second-order valence-corrected chi connectivity index (χ2v) is 6.61. The summed E-state index contributed by atoms with van der Waals surface area (Å²) in [5, 5.41) is 14.6. The molecule has 116 valence electrons. The average Bonchev–Trinajstić information content (AvgIpc) is 2.47. The molecule has 5 nitrogen and oxygen atoms in total. The van der Waals surface area contributed by atoms with Gasteiger partial charge in [-0.2, -0.15) is 0 Å². The van der Waals surface area contributed by atoms with Crippen molar-refractivity contribution in [3.8, 4) is 0 Å². The van der Waals surface area contributed by atoms with Gasteiger partial charge in [0, 0.05) is 41.0 Å². The Morgan fingerprint density at radius 1 is 1.27 bits per heavy atom. The lowest BCUT2D eigenvalue weighted by Gasteiger charge is -2.10. The van der Waals surface area contributed by atoms with Gasteiger partial charge in [-0.25, -0.2) is 0 Å². The van der Waals surface area contributed by atoms with E-state index < -0.39 is 15.7 Å². The Bertz CT molecular complexity index is 722. The Balaban J connectivity index is 2.18. The van der Waals surface area contributed by atoms with Crippen molar-refractivity contribution in [3.05, 3.63) is 68.7 Å². The third-order valence-electron chi connectivity index (χ3n) is 3.06. The van der Waals surface area contributed by atoms with Gasteiger partial charge in [0.15, 0.2) is 0 Å². The molecule has 1 atom stereocenters. The van der Waals surface area contributed by atoms with Crippen LogP contribution in [0.2, 0.25) is 5.02 Å². The van der Waals surface area contributed by atoms with Gasteiger partial charge in [0.2, 0.25) is 0 Å². The zero-order valence-corrected chi connectivity index (χ0v) is 13.5. The number of benzene rings is 2. The number of halogens is 1. The van der Waals surface area contributed by atoms with Gasteiger partial charge in [-0.3, -0.25) is 14.3 Å². The summed E-state index contributed by atoms with van der Waals surface area (Å²) in [7, 11) is -0.941. The fourth-order valence-electron chi connectivity index (χ4n) is 2.06. The van der Waals surface area contributed by atoms with Crippen LogP contribution in [0.25, 0.3) is 0 Å². The van der Waals surface area contributed by atoms with Crippen molar-refractivity contribution in [1.29, 1.82) is 0 Å². The maximum atomic E-state index is 11.3. The van der Waals surface area contributed by atoms with Crippen LogP contribution < -0.4 is 5.32 Å². The maximum Gasteiger partial charge on any atom is 0.274 e. The first kappa shape index (κ1) is 16.5. The lowest BCUT2D eigenvalue weighted by Crippen LogP contribution is -2.04. The smallest absolute Gasteiger partial charge is 0.274 e. The van der Waals surface area contributed by atoms with Gasteiger partial charge >= 0.3 is 0 Å². The topological polar surface area (TPSA) is 72.2 Å². The van der Waals surface area contributed by atoms with E-state index in [1.165, 1.54) is 6.07 Å². The Hall–Kier alpha value is -1.92. The summed E-state index contributed by atoms with van der Waals surface area (Å²) in [6.45, 7) is 0.287. The fraction of sp³-hybridized carbons (Fsp3) is 0.200. The minimum Gasteiger partial charge on any atom is -0.379 e. The molecule has 2 aromatic carbocycles. The van der Waals surface area contributed by atoms with Crippen LogP contribution >= 0.6 is 11.6 Å². The van der Waals surface area contributed by atoms with Crippen LogP contribution in [0.4, 0.5) is 11.4 Å². The molecule has 2 aromatic rings. The summed E-state index contributed by atoms with van der Waals surface area (Å²) < 4.78 is 11.3. The van der Waals surface area contributed by atoms with E-state index in [2.05, 4.69) is 5.32 Å². The molecular weight excluding hydrogens is 324 g/mol. The molecule has 0 unspecified atom stereocenters. The van der Waals surface area contributed by atoms with Gasteiger partial charge in [-0.15, -0.1) is 0 Å². The lowest BCUT2D eigenvalue weighted by molar-refractivity contribution is -0.385. The van der Waals surface area contributed by atoms with Crippen molar-refractivity contribution in [1.82, 2.24) is 0 Å². The van der Waals surface area contributed by atoms with E-state index in [9.17, 15) is 14.3 Å². The van der Waals surface area contributed by atoms with Crippen molar-refractivity contribution in [2.24, 2.45) is 0 Å². The molecule has 0 saturated heterocycles.